The number of likely N-dealkylation sites (N-methyl/N-ethyl adjacent to an activating group) is 1. The standard InChI is InChI=1S/C17H27NO2/c1-6-14(12-18-7-2)11-15-9-8-10-16(19-5)17(15)20-13(3)4/h8-11,13,18H,6-7,12H2,1-5H3. The maximum atomic E-state index is 5.93. The van der Waals surface area contributed by atoms with Gasteiger partial charge in [-0.2, -0.15) is 0 Å². The Morgan fingerprint density at radius 3 is 2.60 bits per heavy atom. The van der Waals surface area contributed by atoms with Crippen molar-refractivity contribution in [3.63, 3.8) is 0 Å². The Balaban J connectivity index is 3.11. The lowest BCUT2D eigenvalue weighted by molar-refractivity contribution is 0.229. The minimum Gasteiger partial charge on any atom is -0.493 e. The number of hydrogen-bond donors (Lipinski definition) is 1. The Hall–Kier alpha value is -1.48. The van der Waals surface area contributed by atoms with Crippen molar-refractivity contribution < 1.29 is 9.47 Å². The van der Waals surface area contributed by atoms with E-state index in [4.69, 9.17) is 9.47 Å². The minimum atomic E-state index is 0.122. The lowest BCUT2D eigenvalue weighted by atomic mass is 10.1. The number of methoxy groups -OCH3 is 1. The largest absolute Gasteiger partial charge is 0.493 e. The maximum Gasteiger partial charge on any atom is 0.168 e. The molecule has 112 valence electrons. The van der Waals surface area contributed by atoms with Crippen molar-refractivity contribution in [1.29, 1.82) is 0 Å². The van der Waals surface area contributed by atoms with Gasteiger partial charge in [0.15, 0.2) is 11.5 Å². The molecule has 20 heavy (non-hydrogen) atoms. The first-order valence-electron chi connectivity index (χ1n) is 7.36. The quantitative estimate of drug-likeness (QED) is 0.782. The zero-order valence-corrected chi connectivity index (χ0v) is 13.3. The first kappa shape index (κ1) is 16.6. The van der Waals surface area contributed by atoms with Gasteiger partial charge in [-0.15, -0.1) is 0 Å². The summed E-state index contributed by atoms with van der Waals surface area (Å²) in [4.78, 5) is 0. The van der Waals surface area contributed by atoms with Gasteiger partial charge in [0.05, 0.1) is 13.2 Å². The highest BCUT2D eigenvalue weighted by Crippen LogP contribution is 2.33. The summed E-state index contributed by atoms with van der Waals surface area (Å²) in [5, 5.41) is 3.37. The molecule has 1 aromatic carbocycles. The first-order chi connectivity index (χ1) is 9.62. The molecular weight excluding hydrogens is 250 g/mol. The van der Waals surface area contributed by atoms with Crippen LogP contribution in [-0.2, 0) is 0 Å². The Labute approximate surface area is 123 Å². The van der Waals surface area contributed by atoms with Crippen molar-refractivity contribution >= 4 is 6.08 Å². The van der Waals surface area contributed by atoms with E-state index in [0.29, 0.717) is 0 Å². The average molecular weight is 277 g/mol. The van der Waals surface area contributed by atoms with E-state index in [0.717, 1.165) is 36.6 Å². The monoisotopic (exact) mass is 277 g/mol. The highest BCUT2D eigenvalue weighted by molar-refractivity contribution is 5.64. The molecule has 1 aromatic rings. The van der Waals surface area contributed by atoms with Crippen molar-refractivity contribution in [3.8, 4) is 11.5 Å². The number of benzene rings is 1. The Kier molecular flexibility index (Phi) is 7.16. The molecule has 0 fully saturated rings. The molecule has 0 bridgehead atoms. The summed E-state index contributed by atoms with van der Waals surface area (Å²) >= 11 is 0. The summed E-state index contributed by atoms with van der Waals surface area (Å²) in [7, 11) is 1.68. The van der Waals surface area contributed by atoms with Gasteiger partial charge in [0, 0.05) is 12.1 Å². The highest BCUT2D eigenvalue weighted by atomic mass is 16.5. The molecule has 0 unspecified atom stereocenters. The second-order valence-electron chi connectivity index (χ2n) is 4.98. The van der Waals surface area contributed by atoms with Crippen LogP contribution in [0.15, 0.2) is 23.8 Å². The normalized spacial score (nSPS) is 11.8. The van der Waals surface area contributed by atoms with Crippen LogP contribution in [-0.4, -0.2) is 26.3 Å². The summed E-state index contributed by atoms with van der Waals surface area (Å²) in [5.41, 5.74) is 2.43. The number of para-hydroxylation sites is 1. The molecule has 0 radical (unpaired) electrons. The molecule has 0 amide bonds. The summed E-state index contributed by atoms with van der Waals surface area (Å²) in [6.07, 6.45) is 3.34. The molecule has 0 saturated heterocycles. The molecule has 0 heterocycles. The van der Waals surface area contributed by atoms with E-state index >= 15 is 0 Å². The predicted molar refractivity (Wildman–Crippen MR) is 85.6 cm³/mol. The van der Waals surface area contributed by atoms with Crippen LogP contribution < -0.4 is 14.8 Å². The second-order valence-corrected chi connectivity index (χ2v) is 4.98. The average Bonchev–Trinajstić information content (AvgIpc) is 2.44. The summed E-state index contributed by atoms with van der Waals surface area (Å²) in [5.74, 6) is 1.61. The molecule has 0 saturated carbocycles. The van der Waals surface area contributed by atoms with E-state index in [1.807, 2.05) is 26.0 Å². The lowest BCUT2D eigenvalue weighted by Gasteiger charge is -2.16. The number of nitrogens with one attached hydrogen (secondary N) is 1. The van der Waals surface area contributed by atoms with Crippen LogP contribution in [0.25, 0.3) is 6.08 Å². The van der Waals surface area contributed by atoms with Gasteiger partial charge >= 0.3 is 0 Å². The molecule has 0 aliphatic heterocycles. The molecule has 0 aromatic heterocycles. The van der Waals surface area contributed by atoms with Crippen molar-refractivity contribution in [3.05, 3.63) is 29.3 Å². The highest BCUT2D eigenvalue weighted by Gasteiger charge is 2.11. The number of rotatable bonds is 8. The van der Waals surface area contributed by atoms with Crippen LogP contribution in [0.1, 0.15) is 39.7 Å². The Morgan fingerprint density at radius 1 is 1.30 bits per heavy atom. The van der Waals surface area contributed by atoms with Crippen molar-refractivity contribution in [1.82, 2.24) is 5.32 Å². The van der Waals surface area contributed by atoms with Gasteiger partial charge in [0.1, 0.15) is 0 Å². The van der Waals surface area contributed by atoms with Crippen LogP contribution in [0.3, 0.4) is 0 Å². The van der Waals surface area contributed by atoms with Gasteiger partial charge in [-0.3, -0.25) is 0 Å². The van der Waals surface area contributed by atoms with Gasteiger partial charge in [-0.1, -0.05) is 37.6 Å². The molecule has 0 aliphatic carbocycles. The zero-order chi connectivity index (χ0) is 15.0. The molecule has 0 atom stereocenters. The third-order valence-electron chi connectivity index (χ3n) is 3.00. The molecule has 0 spiro atoms. The van der Waals surface area contributed by atoms with Crippen LogP contribution in [0.2, 0.25) is 0 Å². The second kappa shape index (κ2) is 8.64. The fourth-order valence-electron chi connectivity index (χ4n) is 1.95. The predicted octanol–water partition coefficient (Wildman–Crippen LogP) is 3.89. The third-order valence-corrected chi connectivity index (χ3v) is 3.00. The van der Waals surface area contributed by atoms with E-state index < -0.39 is 0 Å². The van der Waals surface area contributed by atoms with Gasteiger partial charge in [-0.25, -0.2) is 0 Å². The molecule has 3 nitrogen and oxygen atoms in total. The SMILES string of the molecule is CCNCC(=Cc1cccc(OC)c1OC(C)C)CC. The Bertz CT molecular complexity index is 439. The fourth-order valence-corrected chi connectivity index (χ4v) is 1.95. The van der Waals surface area contributed by atoms with E-state index in [1.54, 1.807) is 7.11 Å². The zero-order valence-electron chi connectivity index (χ0n) is 13.3. The van der Waals surface area contributed by atoms with Crippen molar-refractivity contribution in [2.24, 2.45) is 0 Å². The van der Waals surface area contributed by atoms with Gasteiger partial charge in [0.25, 0.3) is 0 Å². The van der Waals surface area contributed by atoms with Gasteiger partial charge < -0.3 is 14.8 Å². The van der Waals surface area contributed by atoms with Gasteiger partial charge in [-0.05, 0) is 32.9 Å². The van der Waals surface area contributed by atoms with Gasteiger partial charge in [0.2, 0.25) is 0 Å². The molecule has 1 rings (SSSR count). The van der Waals surface area contributed by atoms with Crippen LogP contribution in [0.4, 0.5) is 0 Å². The van der Waals surface area contributed by atoms with Crippen molar-refractivity contribution in [2.75, 3.05) is 20.2 Å². The van der Waals surface area contributed by atoms with E-state index in [1.165, 1.54) is 5.57 Å². The molecule has 1 N–H and O–H groups in total. The van der Waals surface area contributed by atoms with Crippen molar-refractivity contribution in [2.45, 2.75) is 40.2 Å². The third kappa shape index (κ3) is 4.89. The smallest absolute Gasteiger partial charge is 0.168 e. The van der Waals surface area contributed by atoms with Crippen LogP contribution in [0, 0.1) is 0 Å². The van der Waals surface area contributed by atoms with E-state index in [-0.39, 0.29) is 6.10 Å². The van der Waals surface area contributed by atoms with Crippen LogP contribution in [0.5, 0.6) is 11.5 Å². The van der Waals surface area contributed by atoms with E-state index in [9.17, 15) is 0 Å². The minimum absolute atomic E-state index is 0.122. The van der Waals surface area contributed by atoms with E-state index in [2.05, 4.69) is 31.3 Å². The number of ether oxygens (including phenoxy) is 2. The summed E-state index contributed by atoms with van der Waals surface area (Å²) < 4.78 is 11.3. The summed E-state index contributed by atoms with van der Waals surface area (Å²) in [6.45, 7) is 10.2. The molecule has 0 aliphatic rings. The molecule has 3 heteroatoms. The maximum absolute atomic E-state index is 5.93. The summed E-state index contributed by atoms with van der Waals surface area (Å²) in [6, 6.07) is 6.01. The molecular formula is C17H27NO2. The fraction of sp³-hybridized carbons (Fsp3) is 0.529. The van der Waals surface area contributed by atoms with Crippen LogP contribution >= 0.6 is 0 Å². The number of hydrogen-bond acceptors (Lipinski definition) is 3. The Morgan fingerprint density at radius 2 is 2.05 bits per heavy atom. The first-order valence-corrected chi connectivity index (χ1v) is 7.36. The lowest BCUT2D eigenvalue weighted by Crippen LogP contribution is -2.15. The topological polar surface area (TPSA) is 30.5 Å².